The highest BCUT2D eigenvalue weighted by molar-refractivity contribution is 6.37. The van der Waals surface area contributed by atoms with Gasteiger partial charge in [0, 0.05) is 22.2 Å². The van der Waals surface area contributed by atoms with Crippen molar-refractivity contribution in [1.82, 2.24) is 0 Å². The molecule has 1 spiro atoms. The second-order valence-electron chi connectivity index (χ2n) is 9.08. The number of methoxy groups -OCH3 is 2. The summed E-state index contributed by atoms with van der Waals surface area (Å²) < 4.78 is 16.9. The van der Waals surface area contributed by atoms with E-state index in [2.05, 4.69) is 0 Å². The zero-order chi connectivity index (χ0) is 26.1. The third kappa shape index (κ3) is 3.06. The van der Waals surface area contributed by atoms with Gasteiger partial charge in [0.1, 0.15) is 0 Å². The van der Waals surface area contributed by atoms with Crippen LogP contribution in [-0.2, 0) is 14.3 Å². The van der Waals surface area contributed by atoms with Crippen molar-refractivity contribution in [2.75, 3.05) is 19.1 Å². The van der Waals surface area contributed by atoms with Gasteiger partial charge in [-0.1, -0.05) is 48.0 Å². The largest absolute Gasteiger partial charge is 0.493 e. The minimum atomic E-state index is -2.14. The molecule has 2 saturated heterocycles. The number of carbonyl (C=O) groups excluding carboxylic acids is 4. The maximum atomic E-state index is 14.0. The van der Waals surface area contributed by atoms with Gasteiger partial charge in [-0.15, -0.1) is 0 Å². The van der Waals surface area contributed by atoms with Gasteiger partial charge in [-0.25, -0.2) is 4.90 Å². The summed E-state index contributed by atoms with van der Waals surface area (Å²) in [6.07, 6.45) is -1.02. The molecule has 6 rings (SSSR count). The van der Waals surface area contributed by atoms with Crippen LogP contribution in [0.2, 0.25) is 5.02 Å². The molecule has 2 aliphatic heterocycles. The van der Waals surface area contributed by atoms with Crippen LogP contribution in [0, 0.1) is 11.8 Å². The number of hydrogen-bond acceptors (Lipinski definition) is 7. The lowest BCUT2D eigenvalue weighted by molar-refractivity contribution is -0.127. The fraction of sp³-hybridized carbons (Fsp3) is 0.214. The fourth-order valence-electron chi connectivity index (χ4n) is 5.69. The molecular weight excluding hydrogens is 498 g/mol. The zero-order valence-electron chi connectivity index (χ0n) is 19.8. The molecule has 8 nitrogen and oxygen atoms in total. The molecule has 3 aromatic rings. The normalized spacial score (nSPS) is 23.5. The van der Waals surface area contributed by atoms with Crippen LogP contribution in [0.25, 0.3) is 0 Å². The van der Waals surface area contributed by atoms with Crippen LogP contribution in [0.3, 0.4) is 0 Å². The minimum Gasteiger partial charge on any atom is -0.493 e. The number of fused-ring (bicyclic) bond motifs is 3. The molecule has 3 atom stereocenters. The van der Waals surface area contributed by atoms with Crippen LogP contribution >= 0.6 is 11.6 Å². The summed E-state index contributed by atoms with van der Waals surface area (Å²) in [5.41, 5.74) is -1.03. The molecular formula is C28H20ClNO7. The Morgan fingerprint density at radius 3 is 2.03 bits per heavy atom. The summed E-state index contributed by atoms with van der Waals surface area (Å²) in [6.45, 7) is 0. The Balaban J connectivity index is 1.52. The lowest BCUT2D eigenvalue weighted by atomic mass is 9.77. The molecule has 0 aromatic heterocycles. The summed E-state index contributed by atoms with van der Waals surface area (Å²) >= 11 is 6.07. The summed E-state index contributed by atoms with van der Waals surface area (Å²) in [6, 6.07) is 17.6. The van der Waals surface area contributed by atoms with E-state index in [9.17, 15) is 19.2 Å². The number of halogens is 1. The number of hydrogen-bond donors (Lipinski definition) is 0. The average Bonchev–Trinajstić information content (AvgIpc) is 3.48. The Hall–Kier alpha value is -4.01. The quantitative estimate of drug-likeness (QED) is 0.380. The first-order valence-electron chi connectivity index (χ1n) is 11.5. The number of rotatable bonds is 4. The molecule has 37 heavy (non-hydrogen) atoms. The van der Waals surface area contributed by atoms with Crippen molar-refractivity contribution >= 4 is 40.7 Å². The second kappa shape index (κ2) is 8.26. The molecule has 1 aliphatic carbocycles. The third-order valence-electron chi connectivity index (χ3n) is 7.34. The molecule has 3 aromatic carbocycles. The van der Waals surface area contributed by atoms with Gasteiger partial charge in [0.15, 0.2) is 11.5 Å². The highest BCUT2D eigenvalue weighted by Gasteiger charge is 2.74. The van der Waals surface area contributed by atoms with Gasteiger partial charge < -0.3 is 14.2 Å². The van der Waals surface area contributed by atoms with Gasteiger partial charge in [-0.2, -0.15) is 0 Å². The Labute approximate surface area is 216 Å². The molecule has 0 N–H and O–H groups in total. The lowest BCUT2D eigenvalue weighted by Gasteiger charge is -2.27. The Bertz CT molecular complexity index is 1460. The first-order chi connectivity index (χ1) is 17.8. The third-order valence-corrected chi connectivity index (χ3v) is 7.59. The molecule has 2 fully saturated rings. The van der Waals surface area contributed by atoms with E-state index in [1.165, 1.54) is 32.4 Å². The second-order valence-corrected chi connectivity index (χ2v) is 9.52. The van der Waals surface area contributed by atoms with Gasteiger partial charge in [0.25, 0.3) is 0 Å². The lowest BCUT2D eigenvalue weighted by Crippen LogP contribution is -2.51. The van der Waals surface area contributed by atoms with E-state index >= 15 is 0 Å². The number of benzene rings is 3. The molecule has 0 bridgehead atoms. The van der Waals surface area contributed by atoms with E-state index in [1.54, 1.807) is 48.5 Å². The van der Waals surface area contributed by atoms with Crippen LogP contribution in [0.1, 0.15) is 32.4 Å². The summed E-state index contributed by atoms with van der Waals surface area (Å²) in [7, 11) is 2.91. The van der Waals surface area contributed by atoms with E-state index in [4.69, 9.17) is 25.8 Å². The van der Waals surface area contributed by atoms with Crippen molar-refractivity contribution in [2.45, 2.75) is 11.7 Å². The van der Waals surface area contributed by atoms with Gasteiger partial charge in [0.05, 0.1) is 37.8 Å². The fourth-order valence-corrected chi connectivity index (χ4v) is 5.82. The highest BCUT2D eigenvalue weighted by atomic mass is 35.5. The number of amides is 2. The van der Waals surface area contributed by atoms with Crippen LogP contribution in [0.15, 0.2) is 66.7 Å². The summed E-state index contributed by atoms with van der Waals surface area (Å²) in [4.78, 5) is 56.6. The van der Waals surface area contributed by atoms with Crippen LogP contribution in [0.5, 0.6) is 11.5 Å². The maximum Gasteiger partial charge on any atom is 0.241 e. The van der Waals surface area contributed by atoms with E-state index in [0.717, 1.165) is 4.90 Å². The number of carbonyl (C=O) groups is 4. The number of imide groups is 1. The monoisotopic (exact) mass is 517 g/mol. The van der Waals surface area contributed by atoms with Crippen LogP contribution in [0.4, 0.5) is 5.69 Å². The standard InChI is InChI=1S/C28H20ClNO7/c1-35-19-12-11-16(13-20(19)36-2)30-26(33)21-22(27(30)34)28(37-23(21)14-7-9-15(29)10-8-14)24(31)17-5-3-4-6-18(17)25(28)32/h3-13,21-23H,1-2H3/t21-,22+,23-/m0/s1. The molecule has 0 unspecified atom stereocenters. The first-order valence-corrected chi connectivity index (χ1v) is 11.9. The summed E-state index contributed by atoms with van der Waals surface area (Å²) in [5.74, 6) is -4.21. The van der Waals surface area contributed by atoms with Crippen LogP contribution < -0.4 is 14.4 Å². The average molecular weight is 518 g/mol. The predicted octanol–water partition coefficient (Wildman–Crippen LogP) is 4.05. The number of Topliss-reactive ketones (excluding diaryl/α,β-unsaturated/α-hetero) is 2. The first kappa shape index (κ1) is 23.4. The van der Waals surface area contributed by atoms with Crippen molar-refractivity contribution in [2.24, 2.45) is 11.8 Å². The molecule has 2 heterocycles. The number of ether oxygens (including phenoxy) is 3. The topological polar surface area (TPSA) is 99.2 Å². The van der Waals surface area contributed by atoms with Crippen molar-refractivity contribution < 1.29 is 33.4 Å². The Morgan fingerprint density at radius 2 is 1.43 bits per heavy atom. The van der Waals surface area contributed by atoms with Gasteiger partial charge in [-0.3, -0.25) is 19.2 Å². The van der Waals surface area contributed by atoms with Crippen LogP contribution in [-0.4, -0.2) is 43.2 Å². The van der Waals surface area contributed by atoms with E-state index in [1.807, 2.05) is 0 Å². The Morgan fingerprint density at radius 1 is 0.811 bits per heavy atom. The van der Waals surface area contributed by atoms with E-state index in [0.29, 0.717) is 22.1 Å². The molecule has 0 saturated carbocycles. The smallest absolute Gasteiger partial charge is 0.241 e. The number of ketones is 2. The van der Waals surface area contributed by atoms with Gasteiger partial charge >= 0.3 is 0 Å². The van der Waals surface area contributed by atoms with E-state index < -0.39 is 46.9 Å². The summed E-state index contributed by atoms with van der Waals surface area (Å²) in [5, 5.41) is 0.467. The number of anilines is 1. The van der Waals surface area contributed by atoms with Crippen molar-refractivity contribution in [3.63, 3.8) is 0 Å². The maximum absolute atomic E-state index is 14.0. The minimum absolute atomic E-state index is 0.174. The molecule has 2 amide bonds. The predicted molar refractivity (Wildman–Crippen MR) is 132 cm³/mol. The zero-order valence-corrected chi connectivity index (χ0v) is 20.5. The molecule has 186 valence electrons. The van der Waals surface area contributed by atoms with Gasteiger partial charge in [-0.05, 0) is 29.8 Å². The number of nitrogens with zero attached hydrogens (tertiary/aromatic N) is 1. The van der Waals surface area contributed by atoms with E-state index in [-0.39, 0.29) is 16.8 Å². The van der Waals surface area contributed by atoms with Gasteiger partial charge in [0.2, 0.25) is 29.0 Å². The Kier molecular flexibility index (Phi) is 5.22. The molecule has 0 radical (unpaired) electrons. The van der Waals surface area contributed by atoms with Crippen molar-refractivity contribution in [3.05, 3.63) is 88.4 Å². The SMILES string of the molecule is COc1ccc(N2C(=O)[C@@H]3[C@H](c4ccc(Cl)cc4)OC4(C(=O)c5ccccc5C4=O)[C@H]3C2=O)cc1OC. The molecule has 3 aliphatic rings. The van der Waals surface area contributed by atoms with Crippen molar-refractivity contribution in [3.8, 4) is 11.5 Å². The highest BCUT2D eigenvalue weighted by Crippen LogP contribution is 2.58. The van der Waals surface area contributed by atoms with Crippen molar-refractivity contribution in [1.29, 1.82) is 0 Å². The molecule has 9 heteroatoms.